The monoisotopic (exact) mass is 447 g/mol. The molecular weight excluding hydrogens is 418 g/mol. The van der Waals surface area contributed by atoms with Crippen molar-refractivity contribution in [3.63, 3.8) is 0 Å². The van der Waals surface area contributed by atoms with E-state index in [0.717, 1.165) is 41.5 Å². The fraction of sp³-hybridized carbons (Fsp3) is 0.440. The van der Waals surface area contributed by atoms with Crippen molar-refractivity contribution in [2.45, 2.75) is 63.1 Å². The molecule has 1 amide bonds. The zero-order valence-electron chi connectivity index (χ0n) is 18.5. The molecule has 0 saturated heterocycles. The lowest BCUT2D eigenvalue weighted by Crippen LogP contribution is -2.23. The van der Waals surface area contributed by atoms with Crippen LogP contribution in [0.25, 0.3) is 11.4 Å². The number of amides is 1. The van der Waals surface area contributed by atoms with Crippen LogP contribution in [0.1, 0.15) is 56.2 Å². The Kier molecular flexibility index (Phi) is 6.26. The van der Waals surface area contributed by atoms with E-state index >= 15 is 0 Å². The summed E-state index contributed by atoms with van der Waals surface area (Å²) >= 11 is 1.47. The molecule has 1 N–H and O–H groups in total. The van der Waals surface area contributed by atoms with Crippen molar-refractivity contribution >= 4 is 23.4 Å². The zero-order valence-corrected chi connectivity index (χ0v) is 19.3. The number of nitrogens with one attached hydrogen (secondary N) is 1. The van der Waals surface area contributed by atoms with E-state index < -0.39 is 0 Å². The molecule has 2 aliphatic rings. The van der Waals surface area contributed by atoms with Crippen LogP contribution < -0.4 is 5.32 Å². The van der Waals surface area contributed by atoms with E-state index in [0.29, 0.717) is 17.7 Å². The highest BCUT2D eigenvalue weighted by molar-refractivity contribution is 7.99. The molecule has 1 aromatic carbocycles. The second-order valence-corrected chi connectivity index (χ2v) is 9.86. The molecule has 2 aromatic heterocycles. The molecule has 2 heterocycles. The third-order valence-electron chi connectivity index (χ3n) is 6.70. The van der Waals surface area contributed by atoms with Crippen molar-refractivity contribution in [1.29, 1.82) is 0 Å². The number of anilines is 1. The average molecular weight is 448 g/mol. The van der Waals surface area contributed by atoms with Gasteiger partial charge in [0.2, 0.25) is 5.91 Å². The Morgan fingerprint density at radius 2 is 2.00 bits per heavy atom. The Hall–Kier alpha value is -2.67. The van der Waals surface area contributed by atoms with Gasteiger partial charge >= 0.3 is 0 Å². The van der Waals surface area contributed by atoms with Crippen LogP contribution >= 0.6 is 11.8 Å². The number of rotatable bonds is 6. The highest BCUT2D eigenvalue weighted by Gasteiger charge is 2.29. The summed E-state index contributed by atoms with van der Waals surface area (Å²) in [7, 11) is 0. The summed E-state index contributed by atoms with van der Waals surface area (Å²) in [5.41, 5.74) is 4.62. The Labute approximate surface area is 193 Å². The van der Waals surface area contributed by atoms with Gasteiger partial charge in [0.05, 0.1) is 5.75 Å². The van der Waals surface area contributed by atoms with Crippen LogP contribution in [0, 0.1) is 5.92 Å². The van der Waals surface area contributed by atoms with E-state index in [4.69, 9.17) is 0 Å². The largest absolute Gasteiger partial charge is 0.325 e. The number of benzene rings is 1. The smallest absolute Gasteiger partial charge is 0.234 e. The Morgan fingerprint density at radius 1 is 1.12 bits per heavy atom. The first kappa shape index (κ1) is 21.2. The highest BCUT2D eigenvalue weighted by atomic mass is 32.2. The van der Waals surface area contributed by atoms with Crippen LogP contribution in [-0.4, -0.2) is 31.4 Å². The second-order valence-electron chi connectivity index (χ2n) is 8.92. The number of hydrogen-bond donors (Lipinski definition) is 1. The summed E-state index contributed by atoms with van der Waals surface area (Å²) in [6.45, 7) is 2.31. The molecule has 7 heteroatoms. The number of aryl methyl sites for hydroxylation is 2. The number of nitrogens with zero attached hydrogens (tertiary/aromatic N) is 4. The summed E-state index contributed by atoms with van der Waals surface area (Å²) < 4.78 is 2.26. The summed E-state index contributed by atoms with van der Waals surface area (Å²) in [6, 6.07) is 10.6. The Bertz CT molecular complexity index is 1100. The zero-order chi connectivity index (χ0) is 21.9. The van der Waals surface area contributed by atoms with Gasteiger partial charge in [0.15, 0.2) is 11.0 Å². The van der Waals surface area contributed by atoms with E-state index in [2.05, 4.69) is 44.1 Å². The Balaban J connectivity index is 1.34. The maximum Gasteiger partial charge on any atom is 0.234 e. The Morgan fingerprint density at radius 3 is 2.84 bits per heavy atom. The van der Waals surface area contributed by atoms with Crippen molar-refractivity contribution in [3.05, 3.63) is 53.9 Å². The van der Waals surface area contributed by atoms with Crippen LogP contribution in [0.2, 0.25) is 0 Å². The van der Waals surface area contributed by atoms with Crippen molar-refractivity contribution in [3.8, 4) is 11.4 Å². The molecular formula is C25H29N5OS. The lowest BCUT2D eigenvalue weighted by Gasteiger charge is -2.31. The van der Waals surface area contributed by atoms with Crippen LogP contribution in [-0.2, 0) is 17.6 Å². The van der Waals surface area contributed by atoms with E-state index in [9.17, 15) is 4.79 Å². The van der Waals surface area contributed by atoms with Crippen molar-refractivity contribution in [2.24, 2.45) is 5.92 Å². The first-order chi connectivity index (χ1) is 15.7. The topological polar surface area (TPSA) is 72.7 Å². The van der Waals surface area contributed by atoms with Gasteiger partial charge < -0.3 is 5.32 Å². The molecule has 0 spiro atoms. The molecule has 0 radical (unpaired) electrons. The maximum absolute atomic E-state index is 12.7. The third kappa shape index (κ3) is 4.44. The fourth-order valence-corrected chi connectivity index (χ4v) is 5.82. The van der Waals surface area contributed by atoms with Gasteiger partial charge in [0.25, 0.3) is 0 Å². The lowest BCUT2D eigenvalue weighted by atomic mass is 9.85. The number of hydrogen-bond acceptors (Lipinski definition) is 5. The van der Waals surface area contributed by atoms with Gasteiger partial charge in [-0.3, -0.25) is 14.3 Å². The van der Waals surface area contributed by atoms with Crippen LogP contribution in [0.4, 0.5) is 5.69 Å². The van der Waals surface area contributed by atoms with Gasteiger partial charge in [-0.2, -0.15) is 0 Å². The molecule has 3 aromatic rings. The minimum Gasteiger partial charge on any atom is -0.325 e. The number of thioether (sulfide) groups is 1. The van der Waals surface area contributed by atoms with Gasteiger partial charge in [-0.15, -0.1) is 10.2 Å². The lowest BCUT2D eigenvalue weighted by molar-refractivity contribution is -0.113. The maximum atomic E-state index is 12.7. The molecule has 0 unspecified atom stereocenters. The molecule has 1 saturated carbocycles. The molecule has 2 aliphatic carbocycles. The average Bonchev–Trinajstić information content (AvgIpc) is 3.45. The van der Waals surface area contributed by atoms with Crippen molar-refractivity contribution < 1.29 is 4.79 Å². The van der Waals surface area contributed by atoms with Gasteiger partial charge in [-0.25, -0.2) is 0 Å². The summed E-state index contributed by atoms with van der Waals surface area (Å²) in [5, 5.41) is 12.9. The molecule has 1 fully saturated rings. The van der Waals surface area contributed by atoms with Crippen molar-refractivity contribution in [1.82, 2.24) is 19.7 Å². The quantitative estimate of drug-likeness (QED) is 0.518. The number of aromatic nitrogens is 4. The van der Waals surface area contributed by atoms with Gasteiger partial charge in [0, 0.05) is 29.7 Å². The van der Waals surface area contributed by atoms with E-state index in [1.54, 1.807) is 6.20 Å². The minimum absolute atomic E-state index is 0.0119. The van der Waals surface area contributed by atoms with E-state index in [1.165, 1.54) is 48.6 Å². The fourth-order valence-electron chi connectivity index (χ4n) is 5.02. The molecule has 32 heavy (non-hydrogen) atoms. The normalized spacial score (nSPS) is 20.2. The summed E-state index contributed by atoms with van der Waals surface area (Å²) in [5.74, 6) is 1.69. The van der Waals surface area contributed by atoms with Crippen molar-refractivity contribution in [2.75, 3.05) is 11.1 Å². The molecule has 2 atom stereocenters. The third-order valence-corrected chi connectivity index (χ3v) is 7.64. The number of fused-ring (bicyclic) bond motifs is 1. The number of carbonyl (C=O) groups excluding carboxylic acids is 1. The molecule has 166 valence electrons. The predicted octanol–water partition coefficient (Wildman–Crippen LogP) is 5.31. The van der Waals surface area contributed by atoms with Crippen LogP contribution in [0.3, 0.4) is 0 Å². The van der Waals surface area contributed by atoms with Crippen LogP contribution in [0.5, 0.6) is 0 Å². The first-order valence-electron chi connectivity index (χ1n) is 11.6. The van der Waals surface area contributed by atoms with E-state index in [1.807, 2.05) is 24.4 Å². The molecule has 0 bridgehead atoms. The highest BCUT2D eigenvalue weighted by Crippen LogP contribution is 2.38. The molecule has 6 nitrogen and oxygen atoms in total. The summed E-state index contributed by atoms with van der Waals surface area (Å²) in [6.07, 6.45) is 11.9. The predicted molar refractivity (Wildman–Crippen MR) is 128 cm³/mol. The SMILES string of the molecule is C[C@H]1CCCC[C@H]1n1c(SCC(=O)Nc2ccc3c(c2)CCC3)nnc1-c1cccnc1. The second kappa shape index (κ2) is 9.45. The number of carbonyl (C=O) groups is 1. The first-order valence-corrected chi connectivity index (χ1v) is 12.6. The molecule has 0 aliphatic heterocycles. The van der Waals surface area contributed by atoms with E-state index in [-0.39, 0.29) is 5.91 Å². The standard InChI is InChI=1S/C25H29N5OS/c1-17-6-2-3-10-22(17)30-24(20-9-5-13-26-15-20)28-29-25(30)32-16-23(31)27-21-12-11-18-7-4-8-19(18)14-21/h5,9,11-15,17,22H,2-4,6-8,10,16H2,1H3,(H,27,31)/t17-,22+/m0/s1. The van der Waals surface area contributed by atoms with Gasteiger partial charge in [0.1, 0.15) is 0 Å². The number of pyridine rings is 1. The minimum atomic E-state index is -0.0119. The van der Waals surface area contributed by atoms with Gasteiger partial charge in [-0.1, -0.05) is 37.6 Å². The molecule has 5 rings (SSSR count). The summed E-state index contributed by atoms with van der Waals surface area (Å²) in [4.78, 5) is 17.0. The van der Waals surface area contributed by atoms with Crippen LogP contribution in [0.15, 0.2) is 47.9 Å². The van der Waals surface area contributed by atoms with Gasteiger partial charge in [-0.05, 0) is 73.4 Å².